The van der Waals surface area contributed by atoms with Gasteiger partial charge in [0, 0.05) is 18.8 Å². The number of carbonyl (C=O) groups is 1. The number of rotatable bonds is 3. The van der Waals surface area contributed by atoms with E-state index in [4.69, 9.17) is 0 Å². The molecule has 1 heterocycles. The third-order valence-electron chi connectivity index (χ3n) is 2.99. The lowest BCUT2D eigenvalue weighted by Crippen LogP contribution is -2.05. The van der Waals surface area contributed by atoms with Crippen LogP contribution in [0.5, 0.6) is 0 Å². The van der Waals surface area contributed by atoms with E-state index in [2.05, 4.69) is 22.1 Å². The van der Waals surface area contributed by atoms with E-state index in [-0.39, 0.29) is 5.78 Å². The Morgan fingerprint density at radius 3 is 2.78 bits per heavy atom. The molecule has 18 heavy (non-hydrogen) atoms. The van der Waals surface area contributed by atoms with Gasteiger partial charge in [0.15, 0.2) is 5.82 Å². The van der Waals surface area contributed by atoms with Gasteiger partial charge in [-0.1, -0.05) is 42.5 Å². The highest BCUT2D eigenvalue weighted by molar-refractivity contribution is 5.97. The Kier molecular flexibility index (Phi) is 2.65. The molecule has 1 aromatic heterocycles. The van der Waals surface area contributed by atoms with Crippen LogP contribution in [0.4, 0.5) is 0 Å². The maximum absolute atomic E-state index is 12.0. The van der Waals surface area contributed by atoms with E-state index in [0.29, 0.717) is 12.2 Å². The second kappa shape index (κ2) is 4.45. The van der Waals surface area contributed by atoms with Gasteiger partial charge in [0.05, 0.1) is 0 Å². The Bertz CT molecular complexity index is 681. The maximum atomic E-state index is 12.0. The van der Waals surface area contributed by atoms with Crippen molar-refractivity contribution in [2.75, 3.05) is 0 Å². The summed E-state index contributed by atoms with van der Waals surface area (Å²) in [5.41, 5.74) is 1.04. The molecule has 3 heteroatoms. The lowest BCUT2D eigenvalue weighted by molar-refractivity contribution is 0.0984. The Morgan fingerprint density at radius 1 is 1.11 bits per heavy atom. The normalized spacial score (nSPS) is 10.7. The van der Waals surface area contributed by atoms with Crippen LogP contribution in [0.2, 0.25) is 0 Å². The van der Waals surface area contributed by atoms with E-state index in [1.165, 1.54) is 0 Å². The summed E-state index contributed by atoms with van der Waals surface area (Å²) in [5.74, 6) is 0.430. The number of imidazole rings is 1. The summed E-state index contributed by atoms with van der Waals surface area (Å²) >= 11 is 0. The van der Waals surface area contributed by atoms with Gasteiger partial charge in [-0.15, -0.1) is 0 Å². The third kappa shape index (κ3) is 1.91. The summed E-state index contributed by atoms with van der Waals surface area (Å²) in [5, 5.41) is 2.28. The summed E-state index contributed by atoms with van der Waals surface area (Å²) in [7, 11) is 0. The fourth-order valence-electron chi connectivity index (χ4n) is 2.12. The predicted molar refractivity (Wildman–Crippen MR) is 70.6 cm³/mol. The van der Waals surface area contributed by atoms with E-state index in [9.17, 15) is 4.79 Å². The molecule has 0 atom stereocenters. The number of nitrogens with zero attached hydrogens (tertiary/aromatic N) is 1. The highest BCUT2D eigenvalue weighted by atomic mass is 16.1. The number of carbonyl (C=O) groups excluding carboxylic acids is 1. The predicted octanol–water partition coefficient (Wildman–Crippen LogP) is 2.99. The number of ketones is 1. The van der Waals surface area contributed by atoms with Crippen LogP contribution in [0.15, 0.2) is 54.9 Å². The SMILES string of the molecule is O=C(Cc1cccc2ccccc12)c1ncc[nH]1. The Morgan fingerprint density at radius 2 is 1.94 bits per heavy atom. The van der Waals surface area contributed by atoms with Crippen molar-refractivity contribution in [3.63, 3.8) is 0 Å². The van der Waals surface area contributed by atoms with Gasteiger partial charge < -0.3 is 4.98 Å². The minimum absolute atomic E-state index is 0.0105. The highest BCUT2D eigenvalue weighted by Gasteiger charge is 2.10. The molecule has 0 aliphatic heterocycles. The van der Waals surface area contributed by atoms with Crippen LogP contribution in [0.3, 0.4) is 0 Å². The van der Waals surface area contributed by atoms with Crippen molar-refractivity contribution in [2.45, 2.75) is 6.42 Å². The first-order chi connectivity index (χ1) is 8.84. The molecule has 0 aliphatic rings. The molecule has 3 nitrogen and oxygen atoms in total. The van der Waals surface area contributed by atoms with E-state index >= 15 is 0 Å². The molecular formula is C15H12N2O. The first-order valence-electron chi connectivity index (χ1n) is 5.84. The second-order valence-corrected chi connectivity index (χ2v) is 4.18. The Balaban J connectivity index is 1.98. The third-order valence-corrected chi connectivity index (χ3v) is 2.99. The molecule has 0 bridgehead atoms. The second-order valence-electron chi connectivity index (χ2n) is 4.18. The van der Waals surface area contributed by atoms with Crippen LogP contribution < -0.4 is 0 Å². The molecule has 0 spiro atoms. The van der Waals surface area contributed by atoms with Crippen LogP contribution in [-0.2, 0) is 6.42 Å². The van der Waals surface area contributed by atoms with E-state index in [1.807, 2.05) is 30.3 Å². The van der Waals surface area contributed by atoms with Crippen molar-refractivity contribution in [1.82, 2.24) is 9.97 Å². The molecule has 2 aromatic carbocycles. The first kappa shape index (κ1) is 10.7. The highest BCUT2D eigenvalue weighted by Crippen LogP contribution is 2.19. The number of fused-ring (bicyclic) bond motifs is 1. The minimum atomic E-state index is 0.0105. The zero-order chi connectivity index (χ0) is 12.4. The monoisotopic (exact) mass is 236 g/mol. The van der Waals surface area contributed by atoms with Crippen molar-refractivity contribution in [1.29, 1.82) is 0 Å². The molecule has 0 amide bonds. The fraction of sp³-hybridized carbons (Fsp3) is 0.0667. The number of nitrogens with one attached hydrogen (secondary N) is 1. The lowest BCUT2D eigenvalue weighted by atomic mass is 10.0. The van der Waals surface area contributed by atoms with Crippen molar-refractivity contribution in [3.8, 4) is 0 Å². The number of hydrogen-bond acceptors (Lipinski definition) is 2. The largest absolute Gasteiger partial charge is 0.342 e. The van der Waals surface area contributed by atoms with Crippen LogP contribution >= 0.6 is 0 Å². The van der Waals surface area contributed by atoms with Crippen LogP contribution in [0, 0.1) is 0 Å². The fourth-order valence-corrected chi connectivity index (χ4v) is 2.12. The zero-order valence-electron chi connectivity index (χ0n) is 9.76. The summed E-state index contributed by atoms with van der Waals surface area (Å²) in [6.45, 7) is 0. The van der Waals surface area contributed by atoms with Gasteiger partial charge in [-0.05, 0) is 16.3 Å². The minimum Gasteiger partial charge on any atom is -0.342 e. The van der Waals surface area contributed by atoms with Gasteiger partial charge in [-0.3, -0.25) is 4.79 Å². The zero-order valence-corrected chi connectivity index (χ0v) is 9.76. The van der Waals surface area contributed by atoms with Crippen molar-refractivity contribution in [2.24, 2.45) is 0 Å². The average Bonchev–Trinajstić information content (AvgIpc) is 2.93. The molecular weight excluding hydrogens is 224 g/mol. The number of aromatic amines is 1. The van der Waals surface area contributed by atoms with Crippen molar-refractivity contribution in [3.05, 3.63) is 66.2 Å². The molecule has 0 saturated heterocycles. The number of Topliss-reactive ketones (excluding diaryl/α,β-unsaturated/α-hetero) is 1. The molecule has 0 radical (unpaired) electrons. The number of benzene rings is 2. The first-order valence-corrected chi connectivity index (χ1v) is 5.84. The molecule has 3 rings (SSSR count). The van der Waals surface area contributed by atoms with Crippen LogP contribution in [-0.4, -0.2) is 15.8 Å². The van der Waals surface area contributed by atoms with Crippen LogP contribution in [0.25, 0.3) is 10.8 Å². The topological polar surface area (TPSA) is 45.8 Å². The van der Waals surface area contributed by atoms with Gasteiger partial charge in [-0.2, -0.15) is 0 Å². The van der Waals surface area contributed by atoms with Gasteiger partial charge in [0.1, 0.15) is 0 Å². The molecule has 0 unspecified atom stereocenters. The smallest absolute Gasteiger partial charge is 0.202 e. The summed E-state index contributed by atoms with van der Waals surface area (Å²) < 4.78 is 0. The summed E-state index contributed by atoms with van der Waals surface area (Å²) in [6, 6.07) is 14.1. The molecule has 88 valence electrons. The Labute approximate surface area is 104 Å². The van der Waals surface area contributed by atoms with Gasteiger partial charge in [0.25, 0.3) is 0 Å². The van der Waals surface area contributed by atoms with E-state index < -0.39 is 0 Å². The number of H-pyrrole nitrogens is 1. The number of aromatic nitrogens is 2. The van der Waals surface area contributed by atoms with Gasteiger partial charge in [-0.25, -0.2) is 4.98 Å². The molecule has 3 aromatic rings. The van der Waals surface area contributed by atoms with Gasteiger partial charge in [0.2, 0.25) is 5.78 Å². The summed E-state index contributed by atoms with van der Waals surface area (Å²) in [4.78, 5) is 18.9. The molecule has 0 fully saturated rings. The molecule has 1 N–H and O–H groups in total. The standard InChI is InChI=1S/C15H12N2O/c18-14(15-16-8-9-17-15)10-12-6-3-5-11-4-1-2-7-13(11)12/h1-9H,10H2,(H,16,17). The van der Waals surface area contributed by atoms with Crippen LogP contribution in [0.1, 0.15) is 16.2 Å². The maximum Gasteiger partial charge on any atom is 0.202 e. The quantitative estimate of drug-likeness (QED) is 0.710. The summed E-state index contributed by atoms with van der Waals surface area (Å²) in [6.07, 6.45) is 3.63. The van der Waals surface area contributed by atoms with Gasteiger partial charge >= 0.3 is 0 Å². The van der Waals surface area contributed by atoms with Crippen molar-refractivity contribution >= 4 is 16.6 Å². The lowest BCUT2D eigenvalue weighted by Gasteiger charge is -2.04. The molecule has 0 aliphatic carbocycles. The van der Waals surface area contributed by atoms with E-state index in [0.717, 1.165) is 16.3 Å². The molecule has 0 saturated carbocycles. The average molecular weight is 236 g/mol. The Hall–Kier alpha value is -2.42. The number of hydrogen-bond donors (Lipinski definition) is 1. The van der Waals surface area contributed by atoms with E-state index in [1.54, 1.807) is 12.4 Å². The van der Waals surface area contributed by atoms with Crippen molar-refractivity contribution < 1.29 is 4.79 Å².